The van der Waals surface area contributed by atoms with Crippen molar-refractivity contribution < 1.29 is 0 Å². The van der Waals surface area contributed by atoms with Crippen LogP contribution in [0.15, 0.2) is 54.6 Å². The number of rotatable bonds is 3. The predicted octanol–water partition coefficient (Wildman–Crippen LogP) is 4.84. The van der Waals surface area contributed by atoms with Gasteiger partial charge >= 0.3 is 0 Å². The van der Waals surface area contributed by atoms with E-state index in [4.69, 9.17) is 5.73 Å². The van der Waals surface area contributed by atoms with Crippen molar-refractivity contribution in [1.82, 2.24) is 10.3 Å². The molecule has 2 heterocycles. The largest absolute Gasteiger partial charge is 0.357 e. The lowest BCUT2D eigenvalue weighted by atomic mass is 9.71. The van der Waals surface area contributed by atoms with Crippen LogP contribution in [-0.4, -0.2) is 18.1 Å². The first-order chi connectivity index (χ1) is 13.7. The van der Waals surface area contributed by atoms with Crippen LogP contribution in [0, 0.1) is 0 Å². The van der Waals surface area contributed by atoms with Gasteiger partial charge in [-0.2, -0.15) is 0 Å². The smallest absolute Gasteiger partial charge is 0.0631 e. The molecule has 2 aromatic carbocycles. The van der Waals surface area contributed by atoms with Gasteiger partial charge in [0.15, 0.2) is 0 Å². The van der Waals surface area contributed by atoms with Gasteiger partial charge in [0, 0.05) is 29.1 Å². The summed E-state index contributed by atoms with van der Waals surface area (Å²) in [5.74, 6) is 0.271. The van der Waals surface area contributed by atoms with Crippen molar-refractivity contribution in [3.8, 4) is 0 Å². The van der Waals surface area contributed by atoms with Gasteiger partial charge in [-0.1, -0.05) is 49.4 Å². The molecule has 0 radical (unpaired) electrons. The summed E-state index contributed by atoms with van der Waals surface area (Å²) in [6.45, 7) is 4.32. The molecule has 3 aromatic rings. The molecule has 1 unspecified atom stereocenters. The number of H-pyrrole nitrogens is 1. The van der Waals surface area contributed by atoms with Gasteiger partial charge in [-0.15, -0.1) is 0 Å². The highest BCUT2D eigenvalue weighted by Crippen LogP contribution is 2.45. The van der Waals surface area contributed by atoms with E-state index >= 15 is 0 Å². The number of aryl methyl sites for hydroxylation is 1. The van der Waals surface area contributed by atoms with Crippen molar-refractivity contribution in [2.45, 2.75) is 44.1 Å². The Labute approximate surface area is 167 Å². The maximum Gasteiger partial charge on any atom is 0.0631 e. The second kappa shape index (κ2) is 6.91. The second-order valence-electron chi connectivity index (χ2n) is 8.45. The van der Waals surface area contributed by atoms with E-state index in [-0.39, 0.29) is 11.5 Å². The van der Waals surface area contributed by atoms with Gasteiger partial charge in [-0.3, -0.25) is 0 Å². The lowest BCUT2D eigenvalue weighted by Gasteiger charge is -2.39. The van der Waals surface area contributed by atoms with E-state index in [2.05, 4.69) is 71.8 Å². The zero-order chi connectivity index (χ0) is 19.1. The second-order valence-corrected chi connectivity index (χ2v) is 8.45. The number of hydrogen-bond donors (Lipinski definition) is 3. The van der Waals surface area contributed by atoms with Crippen LogP contribution in [0.25, 0.3) is 16.5 Å². The standard InChI is InChI=1S/C25H29N3/c1-17(18-6-3-2-4-7-18)25(26)13-5-8-21-22-16-20(19-11-14-27-15-12-19)9-10-23(22)28-24(21)25/h2-4,6-7,9-11,16-17,27-28H,5,8,12-15,26H2,1H3/t17-,25?/m1/s1. The predicted molar refractivity (Wildman–Crippen MR) is 117 cm³/mol. The Hall–Kier alpha value is -2.36. The molecule has 3 nitrogen and oxygen atoms in total. The molecule has 4 N–H and O–H groups in total. The molecule has 2 aliphatic rings. The molecule has 28 heavy (non-hydrogen) atoms. The highest BCUT2D eigenvalue weighted by Gasteiger charge is 2.40. The molecule has 0 bridgehead atoms. The van der Waals surface area contributed by atoms with Crippen molar-refractivity contribution >= 4 is 16.5 Å². The third-order valence-electron chi connectivity index (χ3n) is 6.90. The molecule has 0 amide bonds. The summed E-state index contributed by atoms with van der Waals surface area (Å²) in [5, 5.41) is 4.77. The first-order valence-electron chi connectivity index (χ1n) is 10.6. The average molecular weight is 372 g/mol. The zero-order valence-corrected chi connectivity index (χ0v) is 16.6. The summed E-state index contributed by atoms with van der Waals surface area (Å²) in [4.78, 5) is 3.73. The molecule has 0 spiro atoms. The van der Waals surface area contributed by atoms with Gasteiger partial charge in [0.1, 0.15) is 0 Å². The van der Waals surface area contributed by atoms with Crippen molar-refractivity contribution in [2.24, 2.45) is 5.73 Å². The molecule has 2 atom stereocenters. The molecule has 0 saturated carbocycles. The van der Waals surface area contributed by atoms with E-state index in [9.17, 15) is 0 Å². The van der Waals surface area contributed by atoms with Crippen LogP contribution >= 0.6 is 0 Å². The summed E-state index contributed by atoms with van der Waals surface area (Å²) in [6, 6.07) is 17.6. The molecule has 3 heteroatoms. The van der Waals surface area contributed by atoms with Crippen LogP contribution in [0.4, 0.5) is 0 Å². The van der Waals surface area contributed by atoms with Crippen molar-refractivity contribution in [3.05, 3.63) is 77.0 Å². The summed E-state index contributed by atoms with van der Waals surface area (Å²) in [7, 11) is 0. The van der Waals surface area contributed by atoms with Crippen LogP contribution in [0.3, 0.4) is 0 Å². The van der Waals surface area contributed by atoms with Crippen LogP contribution in [0.1, 0.15) is 54.5 Å². The summed E-state index contributed by atoms with van der Waals surface area (Å²) in [5.41, 5.74) is 14.8. The van der Waals surface area contributed by atoms with E-state index in [1.807, 2.05) is 0 Å². The highest BCUT2D eigenvalue weighted by atomic mass is 14.9. The Balaban J connectivity index is 1.61. The molecule has 0 saturated heterocycles. The maximum absolute atomic E-state index is 7.14. The van der Waals surface area contributed by atoms with Crippen molar-refractivity contribution in [1.29, 1.82) is 0 Å². The average Bonchev–Trinajstić information content (AvgIpc) is 3.14. The van der Waals surface area contributed by atoms with Crippen LogP contribution in [0.2, 0.25) is 0 Å². The fourth-order valence-corrected chi connectivity index (χ4v) is 5.14. The number of nitrogens with two attached hydrogens (primary N) is 1. The van der Waals surface area contributed by atoms with Crippen LogP contribution in [-0.2, 0) is 12.0 Å². The Bertz CT molecular complexity index is 1030. The minimum Gasteiger partial charge on any atom is -0.357 e. The van der Waals surface area contributed by atoms with Gasteiger partial charge in [0.05, 0.1) is 5.54 Å². The number of aromatic amines is 1. The van der Waals surface area contributed by atoms with Gasteiger partial charge in [-0.25, -0.2) is 0 Å². The maximum atomic E-state index is 7.14. The van der Waals surface area contributed by atoms with E-state index in [0.29, 0.717) is 0 Å². The third-order valence-corrected chi connectivity index (χ3v) is 6.90. The summed E-state index contributed by atoms with van der Waals surface area (Å²) >= 11 is 0. The van der Waals surface area contributed by atoms with Gasteiger partial charge < -0.3 is 16.0 Å². The number of fused-ring (bicyclic) bond motifs is 3. The quantitative estimate of drug-likeness (QED) is 0.617. The Kier molecular flexibility index (Phi) is 4.37. The lowest BCUT2D eigenvalue weighted by molar-refractivity contribution is 0.310. The normalized spacial score (nSPS) is 23.3. The highest BCUT2D eigenvalue weighted by molar-refractivity contribution is 5.89. The molecular weight excluding hydrogens is 342 g/mol. The monoisotopic (exact) mass is 371 g/mol. The number of nitrogens with one attached hydrogen (secondary N) is 2. The van der Waals surface area contributed by atoms with E-state index in [0.717, 1.165) is 38.8 Å². The SMILES string of the molecule is C[C@H](c1ccccc1)C1(N)CCCc2c1[nH]c1ccc(C3=CCNCC3)cc21. The summed E-state index contributed by atoms with van der Waals surface area (Å²) in [6.07, 6.45) is 6.70. The Morgan fingerprint density at radius 2 is 1.93 bits per heavy atom. The fraction of sp³-hybridized carbons (Fsp3) is 0.360. The molecule has 1 aromatic heterocycles. The molecule has 144 valence electrons. The van der Waals surface area contributed by atoms with Crippen LogP contribution < -0.4 is 11.1 Å². The molecule has 1 aliphatic carbocycles. The first kappa shape index (κ1) is 17.7. The zero-order valence-electron chi connectivity index (χ0n) is 16.6. The first-order valence-corrected chi connectivity index (χ1v) is 10.6. The van der Waals surface area contributed by atoms with E-state index in [1.54, 1.807) is 0 Å². The number of benzene rings is 2. The third kappa shape index (κ3) is 2.81. The topological polar surface area (TPSA) is 53.8 Å². The molecule has 1 aliphatic heterocycles. The number of aromatic nitrogens is 1. The minimum atomic E-state index is -0.345. The van der Waals surface area contributed by atoms with Crippen LogP contribution in [0.5, 0.6) is 0 Å². The Morgan fingerprint density at radius 3 is 2.71 bits per heavy atom. The number of hydrogen-bond acceptors (Lipinski definition) is 2. The molecule has 5 rings (SSSR count). The van der Waals surface area contributed by atoms with Crippen molar-refractivity contribution in [3.63, 3.8) is 0 Å². The fourth-order valence-electron chi connectivity index (χ4n) is 5.14. The Morgan fingerprint density at radius 1 is 1.07 bits per heavy atom. The summed E-state index contributed by atoms with van der Waals surface area (Å²) < 4.78 is 0. The van der Waals surface area contributed by atoms with E-state index in [1.165, 1.54) is 38.9 Å². The molecule has 0 fully saturated rings. The van der Waals surface area contributed by atoms with Gasteiger partial charge in [0.25, 0.3) is 0 Å². The van der Waals surface area contributed by atoms with Crippen molar-refractivity contribution in [2.75, 3.05) is 13.1 Å². The minimum absolute atomic E-state index is 0.271. The molecular formula is C25H29N3. The van der Waals surface area contributed by atoms with Gasteiger partial charge in [-0.05, 0) is 66.6 Å². The van der Waals surface area contributed by atoms with E-state index < -0.39 is 0 Å². The van der Waals surface area contributed by atoms with Gasteiger partial charge in [0.2, 0.25) is 0 Å². The lowest BCUT2D eigenvalue weighted by Crippen LogP contribution is -2.44.